The van der Waals surface area contributed by atoms with E-state index in [4.69, 9.17) is 0 Å². The molecule has 0 aliphatic carbocycles. The van der Waals surface area contributed by atoms with E-state index in [0.717, 1.165) is 38.3 Å². The largest absolute Gasteiger partial charge is 0.336 e. The molecule has 1 saturated heterocycles. The van der Waals surface area contributed by atoms with Crippen molar-refractivity contribution >= 4 is 28.4 Å². The van der Waals surface area contributed by atoms with Gasteiger partial charge in [-0.1, -0.05) is 42.5 Å². The number of rotatable bonds is 4. The number of piperazine rings is 1. The second-order valence-corrected chi connectivity index (χ2v) is 7.81. The predicted octanol–water partition coefficient (Wildman–Crippen LogP) is 4.52. The van der Waals surface area contributed by atoms with Gasteiger partial charge < -0.3 is 4.90 Å². The third-order valence-electron chi connectivity index (χ3n) is 5.27. The minimum Gasteiger partial charge on any atom is -0.336 e. The molecule has 1 heterocycles. The number of benzene rings is 3. The van der Waals surface area contributed by atoms with Gasteiger partial charge in [0.1, 0.15) is 0 Å². The average Bonchev–Trinajstić information content (AvgIpc) is 2.74. The molecular weight excluding hydrogens is 352 g/mol. The summed E-state index contributed by atoms with van der Waals surface area (Å²) in [5.74, 6) is 0.146. The third kappa shape index (κ3) is 4.02. The zero-order chi connectivity index (χ0) is 18.6. The highest BCUT2D eigenvalue weighted by atomic mass is 32.2. The second kappa shape index (κ2) is 8.15. The Morgan fingerprint density at radius 2 is 1.59 bits per heavy atom. The first-order valence-corrected chi connectivity index (χ1v) is 10.6. The summed E-state index contributed by atoms with van der Waals surface area (Å²) in [6.07, 6.45) is 2.05. The molecule has 0 radical (unpaired) electrons. The molecule has 0 N–H and O–H groups in total. The standard InChI is InChI=1S/C23H24N2OS/c1-27-21-11-9-19(10-12-21)23(26)25-15-13-24(14-16-25)17-20-7-4-6-18-5-2-3-8-22(18)20/h2-12H,13-17H2,1H3. The van der Waals surface area contributed by atoms with Crippen LogP contribution in [0.15, 0.2) is 71.6 Å². The van der Waals surface area contributed by atoms with E-state index < -0.39 is 0 Å². The van der Waals surface area contributed by atoms with Gasteiger partial charge in [-0.25, -0.2) is 0 Å². The summed E-state index contributed by atoms with van der Waals surface area (Å²) in [6, 6.07) is 23.0. The number of amides is 1. The van der Waals surface area contributed by atoms with E-state index in [-0.39, 0.29) is 5.91 Å². The van der Waals surface area contributed by atoms with Crippen molar-refractivity contribution in [2.45, 2.75) is 11.4 Å². The fraction of sp³-hybridized carbons (Fsp3) is 0.261. The normalized spacial score (nSPS) is 15.2. The van der Waals surface area contributed by atoms with Crippen LogP contribution in [0.5, 0.6) is 0 Å². The summed E-state index contributed by atoms with van der Waals surface area (Å²) in [4.78, 5) is 18.4. The first kappa shape index (κ1) is 18.1. The van der Waals surface area contributed by atoms with E-state index >= 15 is 0 Å². The van der Waals surface area contributed by atoms with Crippen molar-refractivity contribution in [2.75, 3.05) is 32.4 Å². The molecule has 0 unspecified atom stereocenters. The number of hydrogen-bond donors (Lipinski definition) is 0. The smallest absolute Gasteiger partial charge is 0.253 e. The Kier molecular flexibility index (Phi) is 5.46. The van der Waals surface area contributed by atoms with E-state index in [1.54, 1.807) is 11.8 Å². The van der Waals surface area contributed by atoms with Crippen molar-refractivity contribution < 1.29 is 4.79 Å². The Hall–Kier alpha value is -2.30. The maximum Gasteiger partial charge on any atom is 0.253 e. The minimum atomic E-state index is 0.146. The lowest BCUT2D eigenvalue weighted by atomic mass is 10.0. The average molecular weight is 377 g/mol. The van der Waals surface area contributed by atoms with Gasteiger partial charge in [-0.05, 0) is 46.9 Å². The van der Waals surface area contributed by atoms with Gasteiger partial charge >= 0.3 is 0 Å². The molecule has 3 aromatic carbocycles. The van der Waals surface area contributed by atoms with Crippen LogP contribution in [0.3, 0.4) is 0 Å². The number of thioether (sulfide) groups is 1. The summed E-state index contributed by atoms with van der Waals surface area (Å²) in [5.41, 5.74) is 2.15. The van der Waals surface area contributed by atoms with Crippen LogP contribution in [-0.4, -0.2) is 48.1 Å². The lowest BCUT2D eigenvalue weighted by Crippen LogP contribution is -2.48. The lowest BCUT2D eigenvalue weighted by molar-refractivity contribution is 0.0629. The number of nitrogens with zero attached hydrogens (tertiary/aromatic N) is 2. The zero-order valence-electron chi connectivity index (χ0n) is 15.6. The summed E-state index contributed by atoms with van der Waals surface area (Å²) < 4.78 is 0. The van der Waals surface area contributed by atoms with Crippen LogP contribution in [0, 0.1) is 0 Å². The molecule has 4 rings (SSSR count). The van der Waals surface area contributed by atoms with Crippen LogP contribution in [0.4, 0.5) is 0 Å². The predicted molar refractivity (Wildman–Crippen MR) is 113 cm³/mol. The second-order valence-electron chi connectivity index (χ2n) is 6.94. The van der Waals surface area contributed by atoms with E-state index in [0.29, 0.717) is 0 Å². The van der Waals surface area contributed by atoms with Gasteiger partial charge in [0.05, 0.1) is 0 Å². The molecule has 0 spiro atoms. The van der Waals surface area contributed by atoms with Gasteiger partial charge in [-0.2, -0.15) is 0 Å². The van der Waals surface area contributed by atoms with E-state index in [1.807, 2.05) is 35.4 Å². The van der Waals surface area contributed by atoms with E-state index in [9.17, 15) is 4.79 Å². The molecule has 1 aliphatic rings. The van der Waals surface area contributed by atoms with Crippen LogP contribution >= 0.6 is 11.8 Å². The molecule has 0 bridgehead atoms. The topological polar surface area (TPSA) is 23.6 Å². The summed E-state index contributed by atoms with van der Waals surface area (Å²) in [6.45, 7) is 4.34. The minimum absolute atomic E-state index is 0.146. The monoisotopic (exact) mass is 376 g/mol. The first-order valence-electron chi connectivity index (χ1n) is 9.37. The Morgan fingerprint density at radius 1 is 0.889 bits per heavy atom. The lowest BCUT2D eigenvalue weighted by Gasteiger charge is -2.35. The van der Waals surface area contributed by atoms with Crippen LogP contribution < -0.4 is 0 Å². The molecule has 1 fully saturated rings. The molecule has 1 aliphatic heterocycles. The molecule has 138 valence electrons. The van der Waals surface area contributed by atoms with Crippen LogP contribution in [-0.2, 0) is 6.54 Å². The van der Waals surface area contributed by atoms with Crippen LogP contribution in [0.25, 0.3) is 10.8 Å². The first-order chi connectivity index (χ1) is 13.2. The SMILES string of the molecule is CSc1ccc(C(=O)N2CCN(Cc3cccc4ccccc34)CC2)cc1. The number of carbonyl (C=O) groups is 1. The molecular formula is C23H24N2OS. The van der Waals surface area contributed by atoms with E-state index in [1.165, 1.54) is 21.2 Å². The fourth-order valence-electron chi connectivity index (χ4n) is 3.70. The van der Waals surface area contributed by atoms with Crippen molar-refractivity contribution in [3.05, 3.63) is 77.9 Å². The molecule has 27 heavy (non-hydrogen) atoms. The maximum atomic E-state index is 12.7. The van der Waals surface area contributed by atoms with E-state index in [2.05, 4.69) is 47.4 Å². The van der Waals surface area contributed by atoms with Gasteiger partial charge in [-0.3, -0.25) is 9.69 Å². The Balaban J connectivity index is 1.39. The fourth-order valence-corrected chi connectivity index (χ4v) is 4.10. The van der Waals surface area contributed by atoms with Gasteiger partial charge in [0, 0.05) is 43.2 Å². The molecule has 0 saturated carbocycles. The number of fused-ring (bicyclic) bond motifs is 1. The Labute approximate surface area is 165 Å². The molecule has 3 aromatic rings. The highest BCUT2D eigenvalue weighted by Gasteiger charge is 2.22. The van der Waals surface area contributed by atoms with Crippen LogP contribution in [0.1, 0.15) is 15.9 Å². The van der Waals surface area contributed by atoms with Crippen molar-refractivity contribution in [3.8, 4) is 0 Å². The van der Waals surface area contributed by atoms with Gasteiger partial charge in [-0.15, -0.1) is 11.8 Å². The van der Waals surface area contributed by atoms with Crippen molar-refractivity contribution in [3.63, 3.8) is 0 Å². The zero-order valence-corrected chi connectivity index (χ0v) is 16.4. The molecule has 4 heteroatoms. The van der Waals surface area contributed by atoms with Gasteiger partial charge in [0.15, 0.2) is 0 Å². The molecule has 0 aromatic heterocycles. The molecule has 0 atom stereocenters. The van der Waals surface area contributed by atoms with Crippen molar-refractivity contribution in [2.24, 2.45) is 0 Å². The summed E-state index contributed by atoms with van der Waals surface area (Å²) in [5, 5.41) is 2.62. The molecule has 1 amide bonds. The maximum absolute atomic E-state index is 12.7. The Morgan fingerprint density at radius 3 is 2.33 bits per heavy atom. The molecule has 3 nitrogen and oxygen atoms in total. The third-order valence-corrected chi connectivity index (χ3v) is 6.01. The summed E-state index contributed by atoms with van der Waals surface area (Å²) in [7, 11) is 0. The van der Waals surface area contributed by atoms with Gasteiger partial charge in [0.25, 0.3) is 5.91 Å². The number of hydrogen-bond acceptors (Lipinski definition) is 3. The van der Waals surface area contributed by atoms with Gasteiger partial charge in [0.2, 0.25) is 0 Å². The highest BCUT2D eigenvalue weighted by molar-refractivity contribution is 7.98. The quantitative estimate of drug-likeness (QED) is 0.626. The highest BCUT2D eigenvalue weighted by Crippen LogP contribution is 2.21. The number of carbonyl (C=O) groups excluding carboxylic acids is 1. The summed E-state index contributed by atoms with van der Waals surface area (Å²) >= 11 is 1.70. The van der Waals surface area contributed by atoms with Crippen molar-refractivity contribution in [1.29, 1.82) is 0 Å². The van der Waals surface area contributed by atoms with Crippen molar-refractivity contribution in [1.82, 2.24) is 9.80 Å². The van der Waals surface area contributed by atoms with Crippen LogP contribution in [0.2, 0.25) is 0 Å². The Bertz CT molecular complexity index is 925.